The second-order valence-electron chi connectivity index (χ2n) is 9.81. The normalized spacial score (nSPS) is 14.0. The summed E-state index contributed by atoms with van der Waals surface area (Å²) < 4.78 is 19.9. The van der Waals surface area contributed by atoms with Gasteiger partial charge in [0.05, 0.1) is 35.0 Å². The third kappa shape index (κ3) is 4.61. The van der Waals surface area contributed by atoms with Gasteiger partial charge in [-0.1, -0.05) is 12.1 Å². The highest BCUT2D eigenvalue weighted by Crippen LogP contribution is 2.34. The van der Waals surface area contributed by atoms with Crippen LogP contribution in [0.2, 0.25) is 0 Å². The van der Waals surface area contributed by atoms with Crippen LogP contribution < -0.4 is 4.74 Å². The summed E-state index contributed by atoms with van der Waals surface area (Å²) in [5, 5.41) is 9.49. The Balaban J connectivity index is 1.20. The van der Waals surface area contributed by atoms with E-state index in [2.05, 4.69) is 35.0 Å². The molecule has 8 nitrogen and oxygen atoms in total. The largest absolute Gasteiger partial charge is 0.491 e. The van der Waals surface area contributed by atoms with Crippen molar-refractivity contribution in [3.8, 4) is 39.7 Å². The van der Waals surface area contributed by atoms with Gasteiger partial charge in [0, 0.05) is 46.4 Å². The molecule has 0 spiro atoms. The van der Waals surface area contributed by atoms with Crippen LogP contribution in [0.1, 0.15) is 12.8 Å². The fraction of sp³-hybridized carbons (Fsp3) is 0.200. The second-order valence-corrected chi connectivity index (χ2v) is 9.81. The Kier molecular flexibility index (Phi) is 5.97. The smallest absolute Gasteiger partial charge is 0.138 e. The van der Waals surface area contributed by atoms with Gasteiger partial charge in [0.1, 0.15) is 23.9 Å². The third-order valence-electron chi connectivity index (χ3n) is 7.23. The minimum atomic E-state index is -0.295. The highest BCUT2D eigenvalue weighted by atomic mass is 19.1. The van der Waals surface area contributed by atoms with Crippen molar-refractivity contribution in [3.05, 3.63) is 79.1 Å². The van der Waals surface area contributed by atoms with Gasteiger partial charge in [-0.2, -0.15) is 5.10 Å². The van der Waals surface area contributed by atoms with Gasteiger partial charge in [-0.15, -0.1) is 0 Å². The van der Waals surface area contributed by atoms with Crippen LogP contribution in [0.5, 0.6) is 5.75 Å². The fourth-order valence-electron chi connectivity index (χ4n) is 5.26. The van der Waals surface area contributed by atoms with Crippen molar-refractivity contribution in [3.63, 3.8) is 0 Å². The maximum Gasteiger partial charge on any atom is 0.138 e. The van der Waals surface area contributed by atoms with Gasteiger partial charge in [-0.05, 0) is 62.3 Å². The van der Waals surface area contributed by atoms with Crippen molar-refractivity contribution in [2.75, 3.05) is 26.2 Å². The van der Waals surface area contributed by atoms with Crippen LogP contribution in [0, 0.1) is 5.82 Å². The van der Waals surface area contributed by atoms with E-state index in [9.17, 15) is 4.39 Å². The number of hydrogen-bond donors (Lipinski definition) is 2. The number of fused-ring (bicyclic) bond motifs is 2. The van der Waals surface area contributed by atoms with Crippen molar-refractivity contribution in [2.45, 2.75) is 12.8 Å². The topological polar surface area (TPSA) is 95.6 Å². The van der Waals surface area contributed by atoms with Gasteiger partial charge in [0.25, 0.3) is 0 Å². The van der Waals surface area contributed by atoms with E-state index < -0.39 is 0 Å². The van der Waals surface area contributed by atoms with Gasteiger partial charge in [-0.25, -0.2) is 4.39 Å². The molecule has 1 saturated heterocycles. The first kappa shape index (κ1) is 23.5. The number of aromatic amines is 2. The summed E-state index contributed by atoms with van der Waals surface area (Å²) in [5.74, 6) is 0.435. The first-order valence-electron chi connectivity index (χ1n) is 13.1. The van der Waals surface area contributed by atoms with E-state index in [4.69, 9.17) is 4.74 Å². The number of rotatable bonds is 7. The number of aromatic nitrogens is 6. The van der Waals surface area contributed by atoms with E-state index in [1.54, 1.807) is 30.9 Å². The predicted molar refractivity (Wildman–Crippen MR) is 149 cm³/mol. The molecule has 6 heterocycles. The number of ether oxygens (including phenoxy) is 1. The summed E-state index contributed by atoms with van der Waals surface area (Å²) in [5.41, 5.74) is 6.40. The molecule has 1 fully saturated rings. The maximum absolute atomic E-state index is 13.9. The minimum Gasteiger partial charge on any atom is -0.491 e. The SMILES string of the molecule is Fc1cccc(-c2nccc3[nH]c(-c4n[nH]c5cnc(-c6cncc(OCCN7CCCC7)c6)cc45)cc23)c1. The first-order valence-corrected chi connectivity index (χ1v) is 13.1. The Bertz CT molecular complexity index is 1790. The maximum atomic E-state index is 13.9. The third-order valence-corrected chi connectivity index (χ3v) is 7.23. The zero-order valence-electron chi connectivity index (χ0n) is 21.2. The lowest BCUT2D eigenvalue weighted by Gasteiger charge is -2.15. The van der Waals surface area contributed by atoms with Crippen LogP contribution in [0.25, 0.3) is 55.7 Å². The zero-order valence-corrected chi connectivity index (χ0v) is 21.2. The number of nitrogens with zero attached hydrogens (tertiary/aromatic N) is 5. The van der Waals surface area contributed by atoms with E-state index in [0.717, 1.165) is 75.4 Å². The monoisotopic (exact) mass is 519 g/mol. The van der Waals surface area contributed by atoms with E-state index >= 15 is 0 Å². The molecule has 0 amide bonds. The molecule has 194 valence electrons. The molecule has 7 rings (SSSR count). The number of benzene rings is 1. The first-order chi connectivity index (χ1) is 19.2. The molecule has 0 saturated carbocycles. The molecule has 1 aliphatic heterocycles. The quantitative estimate of drug-likeness (QED) is 0.275. The Morgan fingerprint density at radius 2 is 1.77 bits per heavy atom. The number of halogens is 1. The predicted octanol–water partition coefficient (Wildman–Crippen LogP) is 5.84. The molecule has 1 aromatic carbocycles. The van der Waals surface area contributed by atoms with Crippen LogP contribution in [0.4, 0.5) is 4.39 Å². The minimum absolute atomic E-state index is 0.295. The molecule has 39 heavy (non-hydrogen) atoms. The highest BCUT2D eigenvalue weighted by Gasteiger charge is 2.16. The highest BCUT2D eigenvalue weighted by molar-refractivity contribution is 6.00. The molecule has 0 bridgehead atoms. The van der Waals surface area contributed by atoms with E-state index in [1.165, 1.54) is 25.0 Å². The van der Waals surface area contributed by atoms with Crippen LogP contribution in [-0.4, -0.2) is 61.3 Å². The molecule has 5 aromatic heterocycles. The molecule has 2 N–H and O–H groups in total. The van der Waals surface area contributed by atoms with Crippen molar-refractivity contribution >= 4 is 21.8 Å². The fourth-order valence-corrected chi connectivity index (χ4v) is 5.26. The molecule has 6 aromatic rings. The summed E-state index contributed by atoms with van der Waals surface area (Å²) in [6, 6.07) is 14.4. The number of pyridine rings is 3. The summed E-state index contributed by atoms with van der Waals surface area (Å²) in [6.45, 7) is 3.86. The van der Waals surface area contributed by atoms with E-state index in [0.29, 0.717) is 12.3 Å². The molecular formula is C30H26FN7O. The number of hydrogen-bond acceptors (Lipinski definition) is 6. The van der Waals surface area contributed by atoms with Gasteiger partial charge in [0.2, 0.25) is 0 Å². The van der Waals surface area contributed by atoms with Gasteiger partial charge >= 0.3 is 0 Å². The summed E-state index contributed by atoms with van der Waals surface area (Å²) >= 11 is 0. The van der Waals surface area contributed by atoms with Crippen molar-refractivity contribution in [1.29, 1.82) is 0 Å². The van der Waals surface area contributed by atoms with Gasteiger partial charge in [0.15, 0.2) is 0 Å². The van der Waals surface area contributed by atoms with Crippen LogP contribution in [0.3, 0.4) is 0 Å². The summed E-state index contributed by atoms with van der Waals surface area (Å²) in [4.78, 5) is 19.4. The molecule has 0 atom stereocenters. The number of nitrogens with one attached hydrogen (secondary N) is 2. The molecular weight excluding hydrogens is 493 g/mol. The van der Waals surface area contributed by atoms with Gasteiger partial charge in [-0.3, -0.25) is 25.0 Å². The van der Waals surface area contributed by atoms with Crippen molar-refractivity contribution < 1.29 is 9.13 Å². The van der Waals surface area contributed by atoms with Gasteiger partial charge < -0.3 is 9.72 Å². The lowest BCUT2D eigenvalue weighted by molar-refractivity contribution is 0.237. The second kappa shape index (κ2) is 9.92. The Morgan fingerprint density at radius 1 is 0.872 bits per heavy atom. The van der Waals surface area contributed by atoms with Crippen LogP contribution in [0.15, 0.2) is 73.3 Å². The van der Waals surface area contributed by atoms with Crippen molar-refractivity contribution in [2.24, 2.45) is 0 Å². The van der Waals surface area contributed by atoms with Crippen LogP contribution >= 0.6 is 0 Å². The average molecular weight is 520 g/mol. The Morgan fingerprint density at radius 3 is 2.67 bits per heavy atom. The number of likely N-dealkylation sites (tertiary alicyclic amines) is 1. The van der Waals surface area contributed by atoms with E-state index in [-0.39, 0.29) is 5.82 Å². The molecule has 0 aliphatic carbocycles. The summed E-state index contributed by atoms with van der Waals surface area (Å²) in [6.07, 6.45) is 9.58. The lowest BCUT2D eigenvalue weighted by Crippen LogP contribution is -2.25. The lowest BCUT2D eigenvalue weighted by atomic mass is 10.1. The van der Waals surface area contributed by atoms with E-state index in [1.807, 2.05) is 30.3 Å². The average Bonchev–Trinajstić information content (AvgIpc) is 3.72. The van der Waals surface area contributed by atoms with Crippen molar-refractivity contribution in [1.82, 2.24) is 35.0 Å². The zero-order chi connectivity index (χ0) is 26.2. The van der Waals surface area contributed by atoms with Crippen LogP contribution in [-0.2, 0) is 0 Å². The number of H-pyrrole nitrogens is 2. The Labute approximate surface area is 223 Å². The standard InChI is InChI=1S/C30H26FN7O/c31-21-5-3-4-19(12-21)29-23-15-27(35-25(23)6-7-33-29)30-24-14-26(34-18-28(24)36-37-30)20-13-22(17-32-16-20)39-11-10-38-8-1-2-9-38/h3-7,12-18,35H,1-2,8-11H2,(H,36,37). The Hall–Kier alpha value is -4.63. The summed E-state index contributed by atoms with van der Waals surface area (Å²) in [7, 11) is 0. The molecule has 0 radical (unpaired) electrons. The molecule has 1 aliphatic rings. The molecule has 0 unspecified atom stereocenters. The molecule has 9 heteroatoms.